The maximum absolute atomic E-state index is 12.9. The summed E-state index contributed by atoms with van der Waals surface area (Å²) in [5, 5.41) is 7.06. The van der Waals surface area contributed by atoms with E-state index in [2.05, 4.69) is 15.3 Å². The second-order valence-corrected chi connectivity index (χ2v) is 6.82. The second kappa shape index (κ2) is 8.31. The van der Waals surface area contributed by atoms with Crippen molar-refractivity contribution in [1.82, 2.24) is 14.7 Å². The van der Waals surface area contributed by atoms with E-state index in [9.17, 15) is 9.18 Å². The average molecular weight is 360 g/mol. The number of carbonyl (C=O) groups excluding carboxylic acids is 1. The number of piperidine rings is 1. The van der Waals surface area contributed by atoms with Gasteiger partial charge in [-0.2, -0.15) is 5.10 Å². The van der Waals surface area contributed by atoms with Crippen LogP contribution >= 0.6 is 0 Å². The molecule has 2 aromatic rings. The van der Waals surface area contributed by atoms with Crippen LogP contribution in [-0.4, -0.2) is 46.8 Å². The SMILES string of the molecule is Cc1c(NC(=O)CN2CCCC(COc3ccc(F)cc3)C2)cnn1C. The number of hydrogen-bond donors (Lipinski definition) is 1. The van der Waals surface area contributed by atoms with E-state index in [4.69, 9.17) is 4.74 Å². The molecular formula is C19H25FN4O2. The number of nitrogens with one attached hydrogen (secondary N) is 1. The Balaban J connectivity index is 1.46. The molecule has 1 aliphatic rings. The zero-order valence-corrected chi connectivity index (χ0v) is 15.2. The number of ether oxygens (including phenoxy) is 1. The number of likely N-dealkylation sites (tertiary alicyclic amines) is 1. The van der Waals surface area contributed by atoms with Crippen LogP contribution in [0.2, 0.25) is 0 Å². The molecule has 0 bridgehead atoms. The number of hydrogen-bond acceptors (Lipinski definition) is 4. The van der Waals surface area contributed by atoms with Gasteiger partial charge in [0.15, 0.2) is 0 Å². The first kappa shape index (κ1) is 18.4. The zero-order chi connectivity index (χ0) is 18.5. The first-order chi connectivity index (χ1) is 12.5. The molecule has 1 saturated heterocycles. The molecule has 1 unspecified atom stereocenters. The van der Waals surface area contributed by atoms with Gasteiger partial charge in [-0.3, -0.25) is 14.4 Å². The van der Waals surface area contributed by atoms with Gasteiger partial charge in [0.1, 0.15) is 11.6 Å². The maximum atomic E-state index is 12.9. The van der Waals surface area contributed by atoms with Crippen LogP contribution in [0, 0.1) is 18.7 Å². The van der Waals surface area contributed by atoms with Gasteiger partial charge in [-0.05, 0) is 50.6 Å². The van der Waals surface area contributed by atoms with Gasteiger partial charge in [-0.15, -0.1) is 0 Å². The number of aryl methyl sites for hydroxylation is 1. The predicted octanol–water partition coefficient (Wildman–Crippen LogP) is 2.60. The quantitative estimate of drug-likeness (QED) is 0.860. The Morgan fingerprint density at radius 3 is 2.85 bits per heavy atom. The molecule has 3 rings (SSSR count). The summed E-state index contributed by atoms with van der Waals surface area (Å²) in [6.45, 7) is 4.59. The number of carbonyl (C=O) groups is 1. The molecule has 1 aromatic heterocycles. The van der Waals surface area contributed by atoms with Gasteiger partial charge in [0.05, 0.1) is 30.7 Å². The van der Waals surface area contributed by atoms with Crippen molar-refractivity contribution in [3.8, 4) is 5.75 Å². The van der Waals surface area contributed by atoms with E-state index in [1.807, 2.05) is 14.0 Å². The summed E-state index contributed by atoms with van der Waals surface area (Å²) in [5.74, 6) is 0.743. The number of anilines is 1. The molecule has 6 nitrogen and oxygen atoms in total. The summed E-state index contributed by atoms with van der Waals surface area (Å²) < 4.78 is 20.4. The normalized spacial score (nSPS) is 17.9. The van der Waals surface area contributed by atoms with E-state index in [0.717, 1.165) is 37.3 Å². The van der Waals surface area contributed by atoms with Gasteiger partial charge in [0.25, 0.3) is 0 Å². The third kappa shape index (κ3) is 4.82. The molecule has 0 aliphatic carbocycles. The molecule has 1 fully saturated rings. The molecule has 0 saturated carbocycles. The van der Waals surface area contributed by atoms with Gasteiger partial charge < -0.3 is 10.1 Å². The molecule has 1 aliphatic heterocycles. The van der Waals surface area contributed by atoms with Crippen LogP contribution in [0.3, 0.4) is 0 Å². The maximum Gasteiger partial charge on any atom is 0.238 e. The first-order valence-electron chi connectivity index (χ1n) is 8.90. The topological polar surface area (TPSA) is 59.4 Å². The number of nitrogens with zero attached hydrogens (tertiary/aromatic N) is 3. The lowest BCUT2D eigenvalue weighted by Gasteiger charge is -2.32. The van der Waals surface area contributed by atoms with Crippen LogP contribution in [0.1, 0.15) is 18.5 Å². The highest BCUT2D eigenvalue weighted by molar-refractivity contribution is 5.92. The Labute approximate surface area is 152 Å². The van der Waals surface area contributed by atoms with Gasteiger partial charge in [0.2, 0.25) is 5.91 Å². The van der Waals surface area contributed by atoms with Crippen molar-refractivity contribution in [1.29, 1.82) is 0 Å². The fourth-order valence-corrected chi connectivity index (χ4v) is 3.19. The molecule has 1 aromatic carbocycles. The van der Waals surface area contributed by atoms with Gasteiger partial charge in [-0.1, -0.05) is 0 Å². The van der Waals surface area contributed by atoms with Gasteiger partial charge >= 0.3 is 0 Å². The Bertz CT molecular complexity index is 744. The van der Waals surface area contributed by atoms with Crippen molar-refractivity contribution in [2.75, 3.05) is 31.6 Å². The van der Waals surface area contributed by atoms with E-state index in [1.165, 1.54) is 12.1 Å². The Morgan fingerprint density at radius 2 is 2.15 bits per heavy atom. The summed E-state index contributed by atoms with van der Waals surface area (Å²) in [5.41, 5.74) is 1.69. The number of benzene rings is 1. The predicted molar refractivity (Wildman–Crippen MR) is 97.6 cm³/mol. The molecule has 1 N–H and O–H groups in total. The first-order valence-corrected chi connectivity index (χ1v) is 8.90. The molecule has 7 heteroatoms. The molecule has 26 heavy (non-hydrogen) atoms. The minimum absolute atomic E-state index is 0.0267. The van der Waals surface area contributed by atoms with Crippen LogP contribution in [-0.2, 0) is 11.8 Å². The van der Waals surface area contributed by atoms with Crippen molar-refractivity contribution in [3.05, 3.63) is 42.0 Å². The monoisotopic (exact) mass is 360 g/mol. The number of amides is 1. The van der Waals surface area contributed by atoms with Crippen LogP contribution in [0.5, 0.6) is 5.75 Å². The minimum atomic E-state index is -0.268. The third-order valence-electron chi connectivity index (χ3n) is 4.78. The van der Waals surface area contributed by atoms with Crippen molar-refractivity contribution in [3.63, 3.8) is 0 Å². The lowest BCUT2D eigenvalue weighted by atomic mass is 9.99. The molecule has 0 spiro atoms. The third-order valence-corrected chi connectivity index (χ3v) is 4.78. The largest absolute Gasteiger partial charge is 0.493 e. The van der Waals surface area contributed by atoms with Gasteiger partial charge in [0, 0.05) is 19.5 Å². The van der Waals surface area contributed by atoms with Crippen LogP contribution in [0.15, 0.2) is 30.5 Å². The van der Waals surface area contributed by atoms with Crippen LogP contribution in [0.4, 0.5) is 10.1 Å². The highest BCUT2D eigenvalue weighted by Crippen LogP contribution is 2.19. The van der Waals surface area contributed by atoms with E-state index >= 15 is 0 Å². The molecule has 1 atom stereocenters. The molecule has 0 radical (unpaired) electrons. The highest BCUT2D eigenvalue weighted by atomic mass is 19.1. The Hall–Kier alpha value is -2.41. The van der Waals surface area contributed by atoms with Crippen molar-refractivity contribution in [2.45, 2.75) is 19.8 Å². The molecular weight excluding hydrogens is 335 g/mol. The van der Waals surface area contributed by atoms with Crippen LogP contribution in [0.25, 0.3) is 0 Å². The molecule has 140 valence electrons. The molecule has 1 amide bonds. The second-order valence-electron chi connectivity index (χ2n) is 6.82. The average Bonchev–Trinajstić information content (AvgIpc) is 2.93. The van der Waals surface area contributed by atoms with Crippen molar-refractivity contribution >= 4 is 11.6 Å². The Kier molecular flexibility index (Phi) is 5.88. The van der Waals surface area contributed by atoms with E-state index in [1.54, 1.807) is 23.0 Å². The number of rotatable bonds is 6. The van der Waals surface area contributed by atoms with Crippen LogP contribution < -0.4 is 10.1 Å². The summed E-state index contributed by atoms with van der Waals surface area (Å²) in [4.78, 5) is 14.5. The van der Waals surface area contributed by atoms with E-state index in [0.29, 0.717) is 24.8 Å². The summed E-state index contributed by atoms with van der Waals surface area (Å²) in [6, 6.07) is 6.07. The lowest BCUT2D eigenvalue weighted by Crippen LogP contribution is -2.42. The standard InChI is InChI=1S/C19H25FN4O2/c1-14-18(10-21-23(14)2)22-19(25)12-24-9-3-4-15(11-24)13-26-17-7-5-16(20)6-8-17/h5-8,10,15H,3-4,9,11-13H2,1-2H3,(H,22,25). The number of halogens is 1. The summed E-state index contributed by atoms with van der Waals surface area (Å²) in [6.07, 6.45) is 3.78. The van der Waals surface area contributed by atoms with E-state index < -0.39 is 0 Å². The zero-order valence-electron chi connectivity index (χ0n) is 15.2. The van der Waals surface area contributed by atoms with Crippen molar-refractivity contribution < 1.29 is 13.9 Å². The Morgan fingerprint density at radius 1 is 1.38 bits per heavy atom. The smallest absolute Gasteiger partial charge is 0.238 e. The fourth-order valence-electron chi connectivity index (χ4n) is 3.19. The summed E-state index contributed by atoms with van der Waals surface area (Å²) >= 11 is 0. The fraction of sp³-hybridized carbons (Fsp3) is 0.474. The number of aromatic nitrogens is 2. The lowest BCUT2D eigenvalue weighted by molar-refractivity contribution is -0.117. The minimum Gasteiger partial charge on any atom is -0.493 e. The van der Waals surface area contributed by atoms with E-state index in [-0.39, 0.29) is 11.7 Å². The summed E-state index contributed by atoms with van der Waals surface area (Å²) in [7, 11) is 1.85. The van der Waals surface area contributed by atoms with Crippen molar-refractivity contribution in [2.24, 2.45) is 13.0 Å². The highest BCUT2D eigenvalue weighted by Gasteiger charge is 2.22. The molecule has 2 heterocycles. The van der Waals surface area contributed by atoms with Gasteiger partial charge in [-0.25, -0.2) is 4.39 Å².